The van der Waals surface area contributed by atoms with Crippen LogP contribution in [0.2, 0.25) is 10.0 Å². The van der Waals surface area contributed by atoms with E-state index in [2.05, 4.69) is 16.2 Å². The highest BCUT2D eigenvalue weighted by molar-refractivity contribution is 6.35. The second kappa shape index (κ2) is 6.45. The van der Waals surface area contributed by atoms with Crippen LogP contribution < -0.4 is 5.73 Å². The minimum atomic E-state index is 0.0199. The van der Waals surface area contributed by atoms with E-state index in [1.54, 1.807) is 42.3 Å². The first-order valence-corrected chi connectivity index (χ1v) is 7.79. The number of hydrogen-bond acceptors (Lipinski definition) is 5. The summed E-state index contributed by atoms with van der Waals surface area (Å²) in [6.45, 7) is 0. The number of pyridine rings is 1. The topological polar surface area (TPSA) is 104 Å². The largest absolute Gasteiger partial charge is 0.383 e. The van der Waals surface area contributed by atoms with Gasteiger partial charge >= 0.3 is 0 Å². The molecule has 3 rings (SSSR count). The lowest BCUT2D eigenvalue weighted by molar-refractivity contribution is 0.768. The molecule has 0 amide bonds. The van der Waals surface area contributed by atoms with Crippen molar-refractivity contribution in [1.29, 1.82) is 10.5 Å². The third-order valence-electron chi connectivity index (χ3n) is 3.58. The quantitative estimate of drug-likeness (QED) is 0.740. The fraction of sp³-hybridized carbons (Fsp3) is 0.0588. The highest BCUT2D eigenvalue weighted by Gasteiger charge is 2.22. The van der Waals surface area contributed by atoms with Gasteiger partial charge in [-0.25, -0.2) is 4.98 Å². The van der Waals surface area contributed by atoms with Gasteiger partial charge in [-0.1, -0.05) is 23.2 Å². The molecule has 6 nitrogen and oxygen atoms in total. The van der Waals surface area contributed by atoms with Gasteiger partial charge in [-0.2, -0.15) is 15.6 Å². The Morgan fingerprint density at radius 3 is 2.20 bits per heavy atom. The molecule has 0 aliphatic heterocycles. The van der Waals surface area contributed by atoms with Crippen LogP contribution in [0, 0.1) is 22.7 Å². The molecule has 0 unspecified atom stereocenters. The molecular formula is C17H10Cl2N6. The first kappa shape index (κ1) is 16.8. The van der Waals surface area contributed by atoms with Crippen molar-refractivity contribution in [3.8, 4) is 34.5 Å². The number of aromatic nitrogens is 3. The van der Waals surface area contributed by atoms with Gasteiger partial charge in [0.2, 0.25) is 0 Å². The normalized spacial score (nSPS) is 10.3. The molecule has 0 atom stereocenters. The van der Waals surface area contributed by atoms with Crippen LogP contribution in [0.5, 0.6) is 0 Å². The summed E-state index contributed by atoms with van der Waals surface area (Å²) in [6, 6.07) is 8.94. The summed E-state index contributed by atoms with van der Waals surface area (Å²) in [6.07, 6.45) is 3.28. The van der Waals surface area contributed by atoms with E-state index in [1.165, 1.54) is 0 Å². The van der Waals surface area contributed by atoms with Gasteiger partial charge in [0, 0.05) is 34.4 Å². The van der Waals surface area contributed by atoms with Crippen LogP contribution in [-0.4, -0.2) is 14.8 Å². The molecule has 0 aliphatic carbocycles. The molecule has 3 aromatic rings. The summed E-state index contributed by atoms with van der Waals surface area (Å²) >= 11 is 12.2. The Kier molecular flexibility index (Phi) is 4.33. The van der Waals surface area contributed by atoms with Gasteiger partial charge < -0.3 is 5.73 Å². The van der Waals surface area contributed by atoms with Crippen molar-refractivity contribution < 1.29 is 0 Å². The Bertz CT molecular complexity index is 1050. The van der Waals surface area contributed by atoms with E-state index in [0.29, 0.717) is 32.4 Å². The van der Waals surface area contributed by atoms with Gasteiger partial charge in [-0.3, -0.25) is 4.68 Å². The zero-order valence-electron chi connectivity index (χ0n) is 13.0. The molecule has 122 valence electrons. The predicted molar refractivity (Wildman–Crippen MR) is 95.7 cm³/mol. The van der Waals surface area contributed by atoms with E-state index in [-0.39, 0.29) is 16.9 Å². The number of rotatable bonds is 2. The molecule has 0 saturated carbocycles. The molecule has 0 saturated heterocycles. The number of nitrogens with zero attached hydrogens (tertiary/aromatic N) is 5. The van der Waals surface area contributed by atoms with Gasteiger partial charge in [-0.05, 0) is 23.8 Å². The first-order valence-electron chi connectivity index (χ1n) is 7.03. The first-order chi connectivity index (χ1) is 11.9. The lowest BCUT2D eigenvalue weighted by Gasteiger charge is -2.13. The molecule has 2 N–H and O–H groups in total. The minimum Gasteiger partial charge on any atom is -0.383 e. The number of halogens is 2. The molecule has 1 aromatic carbocycles. The number of hydrogen-bond donors (Lipinski definition) is 1. The lowest BCUT2D eigenvalue weighted by Crippen LogP contribution is -2.03. The summed E-state index contributed by atoms with van der Waals surface area (Å²) in [7, 11) is 1.75. The number of anilines is 1. The SMILES string of the molecule is Cn1cc(-c2nc(N)c(C#N)c(-c3cc(Cl)cc(Cl)c3)c2C#N)cn1. The predicted octanol–water partition coefficient (Wildman–Crippen LogP) is 3.78. The standard InChI is InChI=1S/C17H10Cl2N6/c1-25-8-10(7-23-25)16-13(5-20)15(14(6-21)17(22)24-16)9-2-11(18)4-12(19)3-9/h2-4,7-8H,1H3,(H2,22,24). The van der Waals surface area contributed by atoms with Crippen LogP contribution in [0.15, 0.2) is 30.6 Å². The van der Waals surface area contributed by atoms with Crippen molar-refractivity contribution in [2.75, 3.05) is 5.73 Å². The molecule has 2 aromatic heterocycles. The van der Waals surface area contributed by atoms with Crippen LogP contribution in [0.3, 0.4) is 0 Å². The fourth-order valence-electron chi connectivity index (χ4n) is 2.56. The molecule has 0 fully saturated rings. The Morgan fingerprint density at radius 2 is 1.68 bits per heavy atom. The highest BCUT2D eigenvalue weighted by atomic mass is 35.5. The zero-order chi connectivity index (χ0) is 18.1. The second-order valence-corrected chi connectivity index (χ2v) is 6.13. The summed E-state index contributed by atoms with van der Waals surface area (Å²) in [4.78, 5) is 4.24. The number of nitrogen functional groups attached to an aromatic ring is 1. The number of benzene rings is 1. The Hall–Kier alpha value is -3.06. The molecule has 0 radical (unpaired) electrons. The Morgan fingerprint density at radius 1 is 1.04 bits per heavy atom. The van der Waals surface area contributed by atoms with Gasteiger partial charge in [-0.15, -0.1) is 0 Å². The third kappa shape index (κ3) is 3.01. The van der Waals surface area contributed by atoms with Gasteiger partial charge in [0.1, 0.15) is 23.5 Å². The third-order valence-corrected chi connectivity index (χ3v) is 4.01. The van der Waals surface area contributed by atoms with Crippen LogP contribution in [-0.2, 0) is 7.05 Å². The van der Waals surface area contributed by atoms with Crippen LogP contribution in [0.1, 0.15) is 11.1 Å². The summed E-state index contributed by atoms with van der Waals surface area (Å²) < 4.78 is 1.59. The van der Waals surface area contributed by atoms with Crippen LogP contribution in [0.4, 0.5) is 5.82 Å². The maximum atomic E-state index is 9.74. The number of nitrogens with two attached hydrogens (primary N) is 1. The van der Waals surface area contributed by atoms with E-state index in [9.17, 15) is 10.5 Å². The minimum absolute atomic E-state index is 0.0199. The molecule has 8 heteroatoms. The van der Waals surface area contributed by atoms with Crippen LogP contribution in [0.25, 0.3) is 22.4 Å². The Labute approximate surface area is 153 Å². The van der Waals surface area contributed by atoms with Crippen LogP contribution >= 0.6 is 23.2 Å². The van der Waals surface area contributed by atoms with Crippen molar-refractivity contribution in [2.45, 2.75) is 0 Å². The lowest BCUT2D eigenvalue weighted by atomic mass is 9.93. The fourth-order valence-corrected chi connectivity index (χ4v) is 3.09. The van der Waals surface area contributed by atoms with E-state index < -0.39 is 0 Å². The van der Waals surface area contributed by atoms with Crippen molar-refractivity contribution in [3.63, 3.8) is 0 Å². The smallest absolute Gasteiger partial charge is 0.142 e. The molecular weight excluding hydrogens is 359 g/mol. The van der Waals surface area contributed by atoms with E-state index in [0.717, 1.165) is 0 Å². The van der Waals surface area contributed by atoms with E-state index in [4.69, 9.17) is 28.9 Å². The van der Waals surface area contributed by atoms with E-state index >= 15 is 0 Å². The molecule has 0 spiro atoms. The monoisotopic (exact) mass is 368 g/mol. The number of nitriles is 2. The van der Waals surface area contributed by atoms with Crippen molar-refractivity contribution in [1.82, 2.24) is 14.8 Å². The van der Waals surface area contributed by atoms with Crippen molar-refractivity contribution >= 4 is 29.0 Å². The second-order valence-electron chi connectivity index (χ2n) is 5.26. The highest BCUT2D eigenvalue weighted by Crippen LogP contribution is 2.37. The number of aryl methyl sites for hydroxylation is 1. The summed E-state index contributed by atoms with van der Waals surface area (Å²) in [5, 5.41) is 24.1. The summed E-state index contributed by atoms with van der Waals surface area (Å²) in [5.74, 6) is 0.0199. The van der Waals surface area contributed by atoms with Crippen molar-refractivity contribution in [3.05, 3.63) is 51.8 Å². The average Bonchev–Trinajstić information content (AvgIpc) is 2.99. The van der Waals surface area contributed by atoms with Gasteiger partial charge in [0.25, 0.3) is 0 Å². The molecule has 25 heavy (non-hydrogen) atoms. The molecule has 0 aliphatic rings. The van der Waals surface area contributed by atoms with Gasteiger partial charge in [0.05, 0.1) is 17.5 Å². The van der Waals surface area contributed by atoms with E-state index in [1.807, 2.05) is 6.07 Å². The van der Waals surface area contributed by atoms with Gasteiger partial charge in [0.15, 0.2) is 0 Å². The summed E-state index contributed by atoms with van der Waals surface area (Å²) in [5.41, 5.74) is 8.11. The Balaban J connectivity index is 2.42. The molecule has 0 bridgehead atoms. The maximum Gasteiger partial charge on any atom is 0.142 e. The maximum absolute atomic E-state index is 9.74. The average molecular weight is 369 g/mol. The molecule has 2 heterocycles. The zero-order valence-corrected chi connectivity index (χ0v) is 14.5. The van der Waals surface area contributed by atoms with Crippen molar-refractivity contribution in [2.24, 2.45) is 7.05 Å².